The highest BCUT2D eigenvalue weighted by Crippen LogP contribution is 2.30. The predicted octanol–water partition coefficient (Wildman–Crippen LogP) is 5.46. The van der Waals surface area contributed by atoms with E-state index in [-0.39, 0.29) is 0 Å². The third-order valence-electron chi connectivity index (χ3n) is 6.36. The van der Waals surface area contributed by atoms with Gasteiger partial charge in [-0.2, -0.15) is 0 Å². The van der Waals surface area contributed by atoms with Gasteiger partial charge < -0.3 is 23.9 Å². The fraction of sp³-hybridized carbons (Fsp3) is 0.200. The number of oxazole rings is 1. The van der Waals surface area contributed by atoms with Crippen molar-refractivity contribution in [3.05, 3.63) is 120 Å². The van der Waals surface area contributed by atoms with E-state index >= 15 is 0 Å². The molecule has 0 spiro atoms. The molecule has 1 aliphatic rings. The lowest BCUT2D eigenvalue weighted by Crippen LogP contribution is -2.45. The second-order valence-corrected chi connectivity index (χ2v) is 8.89. The smallest absolute Gasteiger partial charge is 0.326 e. The molecule has 0 saturated carbocycles. The molecule has 7 nitrogen and oxygen atoms in total. The molecule has 188 valence electrons. The molecule has 37 heavy (non-hydrogen) atoms. The lowest BCUT2D eigenvalue weighted by Gasteiger charge is -2.36. The van der Waals surface area contributed by atoms with Crippen molar-refractivity contribution in [1.82, 2.24) is 9.88 Å². The van der Waals surface area contributed by atoms with Crippen LogP contribution in [0.1, 0.15) is 22.4 Å². The molecular weight excluding hydrogens is 468 g/mol. The normalized spacial score (nSPS) is 14.6. The summed E-state index contributed by atoms with van der Waals surface area (Å²) in [4.78, 5) is 18.3. The zero-order chi connectivity index (χ0) is 25.6. The molecule has 0 bridgehead atoms. The molecule has 1 atom stereocenters. The Morgan fingerprint density at radius 1 is 1.05 bits per heavy atom. The molecule has 0 radical (unpaired) electrons. The first-order chi connectivity index (χ1) is 18.1. The van der Waals surface area contributed by atoms with Crippen LogP contribution in [0.15, 0.2) is 102 Å². The van der Waals surface area contributed by atoms with Gasteiger partial charge in [0.15, 0.2) is 5.88 Å². The van der Waals surface area contributed by atoms with E-state index in [2.05, 4.69) is 11.6 Å². The quantitative estimate of drug-likeness (QED) is 0.292. The Hall–Kier alpha value is -4.52. The maximum absolute atomic E-state index is 12.0. The molecule has 1 aromatic heterocycles. The first-order valence-electron chi connectivity index (χ1n) is 12.2. The van der Waals surface area contributed by atoms with Crippen LogP contribution in [0.25, 0.3) is 11.5 Å². The van der Waals surface area contributed by atoms with Gasteiger partial charge in [-0.05, 0) is 47.5 Å². The molecule has 5 rings (SSSR count). The summed E-state index contributed by atoms with van der Waals surface area (Å²) in [6, 6.07) is 24.5. The number of fused-ring (bicyclic) bond motifs is 1. The second kappa shape index (κ2) is 11.0. The van der Waals surface area contributed by atoms with Gasteiger partial charge in [0.25, 0.3) is 0 Å². The van der Waals surface area contributed by atoms with Crippen molar-refractivity contribution in [2.75, 3.05) is 6.61 Å². The number of aromatic nitrogens is 1. The van der Waals surface area contributed by atoms with Gasteiger partial charge in [0, 0.05) is 24.9 Å². The highest BCUT2D eigenvalue weighted by atomic mass is 16.5. The van der Waals surface area contributed by atoms with E-state index in [1.165, 1.54) is 0 Å². The number of carbonyl (C=O) groups is 1. The molecule has 1 unspecified atom stereocenters. The van der Waals surface area contributed by atoms with Crippen LogP contribution in [0.3, 0.4) is 0 Å². The van der Waals surface area contributed by atoms with Crippen LogP contribution in [-0.2, 0) is 35.5 Å². The third kappa shape index (κ3) is 5.83. The fourth-order valence-corrected chi connectivity index (χ4v) is 4.37. The van der Waals surface area contributed by atoms with E-state index in [4.69, 9.17) is 13.9 Å². The Balaban J connectivity index is 1.21. The minimum absolute atomic E-state index is 0.326. The van der Waals surface area contributed by atoms with Gasteiger partial charge in [-0.15, -0.1) is 0 Å². The number of ether oxygens (including phenoxy) is 2. The summed E-state index contributed by atoms with van der Waals surface area (Å²) in [5, 5.41) is 9.85. The van der Waals surface area contributed by atoms with E-state index in [0.29, 0.717) is 44.4 Å². The number of benzene rings is 3. The molecule has 2 heterocycles. The summed E-state index contributed by atoms with van der Waals surface area (Å²) >= 11 is 0. The van der Waals surface area contributed by atoms with Crippen LogP contribution in [0.5, 0.6) is 5.75 Å². The number of hydrogen-bond acceptors (Lipinski definition) is 6. The second-order valence-electron chi connectivity index (χ2n) is 8.89. The topological polar surface area (TPSA) is 85.0 Å². The monoisotopic (exact) mass is 496 g/mol. The highest BCUT2D eigenvalue weighted by Gasteiger charge is 2.33. The van der Waals surface area contributed by atoms with Crippen molar-refractivity contribution < 1.29 is 23.8 Å². The summed E-state index contributed by atoms with van der Waals surface area (Å²) in [6.07, 6.45) is 2.62. The number of carboxylic acid groups (broad SMARTS) is 1. The zero-order valence-corrected chi connectivity index (χ0v) is 20.4. The van der Waals surface area contributed by atoms with Gasteiger partial charge >= 0.3 is 5.97 Å². The fourth-order valence-electron chi connectivity index (χ4n) is 4.37. The molecular formula is C30H28N2O5. The van der Waals surface area contributed by atoms with Gasteiger partial charge in [0.05, 0.1) is 12.3 Å². The van der Waals surface area contributed by atoms with Crippen molar-refractivity contribution in [1.29, 1.82) is 0 Å². The van der Waals surface area contributed by atoms with E-state index in [1.54, 1.807) is 11.2 Å². The Bertz CT molecular complexity index is 1370. The van der Waals surface area contributed by atoms with Gasteiger partial charge in [0.2, 0.25) is 5.89 Å². The van der Waals surface area contributed by atoms with Crippen molar-refractivity contribution in [2.24, 2.45) is 0 Å². The van der Waals surface area contributed by atoms with Crippen molar-refractivity contribution >= 4 is 5.97 Å². The van der Waals surface area contributed by atoms with E-state index in [1.807, 2.05) is 78.9 Å². The van der Waals surface area contributed by atoms with Gasteiger partial charge in [-0.1, -0.05) is 54.6 Å². The summed E-state index contributed by atoms with van der Waals surface area (Å²) in [6.45, 7) is 5.16. The standard InChI is InChI=1S/C30H28N2O5/c1-21(36-19-22-8-4-2-5-9-22)32-18-25-16-27(13-12-24(25)17-28(32)30(33)34)35-15-14-26-20-37-29(31-26)23-10-6-3-7-11-23/h2-13,16,20,28H,1,14-15,17-19H2,(H,33,34). The maximum Gasteiger partial charge on any atom is 0.326 e. The van der Waals surface area contributed by atoms with Crippen LogP contribution in [0, 0.1) is 0 Å². The lowest BCUT2D eigenvalue weighted by molar-refractivity contribution is -0.144. The maximum atomic E-state index is 12.0. The van der Waals surface area contributed by atoms with Gasteiger partial charge in [-0.25, -0.2) is 9.78 Å². The molecule has 0 fully saturated rings. The van der Waals surface area contributed by atoms with Crippen LogP contribution in [-0.4, -0.2) is 33.6 Å². The molecule has 3 aromatic carbocycles. The van der Waals surface area contributed by atoms with Crippen LogP contribution in [0.2, 0.25) is 0 Å². The SMILES string of the molecule is C=C(OCc1ccccc1)N1Cc2cc(OCCc3coc(-c4ccccc4)n3)ccc2CC1C(=O)O. The zero-order valence-electron chi connectivity index (χ0n) is 20.4. The van der Waals surface area contributed by atoms with E-state index in [0.717, 1.165) is 33.7 Å². The number of rotatable bonds is 10. The van der Waals surface area contributed by atoms with Crippen LogP contribution in [0.4, 0.5) is 0 Å². The lowest BCUT2D eigenvalue weighted by atomic mass is 9.94. The molecule has 7 heteroatoms. The van der Waals surface area contributed by atoms with Crippen LogP contribution >= 0.6 is 0 Å². The Labute approximate surface area is 215 Å². The van der Waals surface area contributed by atoms with Crippen molar-refractivity contribution in [2.45, 2.75) is 32.0 Å². The molecule has 1 aliphatic heterocycles. The molecule has 0 amide bonds. The number of carboxylic acids is 1. The van der Waals surface area contributed by atoms with Gasteiger partial charge in [-0.3, -0.25) is 0 Å². The molecule has 0 saturated heterocycles. The molecule has 4 aromatic rings. The molecule has 0 aliphatic carbocycles. The highest BCUT2D eigenvalue weighted by molar-refractivity contribution is 5.75. The van der Waals surface area contributed by atoms with Crippen molar-refractivity contribution in [3.8, 4) is 17.2 Å². The minimum atomic E-state index is -0.905. The Kier molecular flexibility index (Phi) is 7.21. The summed E-state index contributed by atoms with van der Waals surface area (Å²) in [7, 11) is 0. The Morgan fingerprint density at radius 3 is 2.57 bits per heavy atom. The summed E-state index contributed by atoms with van der Waals surface area (Å²) in [5.41, 5.74) is 4.72. The number of nitrogens with zero attached hydrogens (tertiary/aromatic N) is 2. The number of hydrogen-bond donors (Lipinski definition) is 1. The minimum Gasteiger partial charge on any atom is -0.493 e. The number of aliphatic carboxylic acids is 1. The van der Waals surface area contributed by atoms with E-state index in [9.17, 15) is 9.90 Å². The average Bonchev–Trinajstić information content (AvgIpc) is 3.41. The summed E-state index contributed by atoms with van der Waals surface area (Å²) < 4.78 is 17.5. The largest absolute Gasteiger partial charge is 0.493 e. The van der Waals surface area contributed by atoms with Crippen molar-refractivity contribution in [3.63, 3.8) is 0 Å². The first-order valence-corrected chi connectivity index (χ1v) is 12.2. The van der Waals surface area contributed by atoms with E-state index < -0.39 is 12.0 Å². The average molecular weight is 497 g/mol. The first kappa shape index (κ1) is 24.2. The van der Waals surface area contributed by atoms with Crippen LogP contribution < -0.4 is 4.74 Å². The predicted molar refractivity (Wildman–Crippen MR) is 139 cm³/mol. The molecule has 1 N–H and O–H groups in total. The third-order valence-corrected chi connectivity index (χ3v) is 6.36. The van der Waals surface area contributed by atoms with Gasteiger partial charge in [0.1, 0.15) is 24.7 Å². The Morgan fingerprint density at radius 2 is 1.81 bits per heavy atom. The summed E-state index contributed by atoms with van der Waals surface area (Å²) in [5.74, 6) is 0.744.